The molecule has 2 rings (SSSR count). The zero-order chi connectivity index (χ0) is 16.9. The van der Waals surface area contributed by atoms with E-state index < -0.39 is 11.7 Å². The highest BCUT2D eigenvalue weighted by atomic mass is 19.4. The summed E-state index contributed by atoms with van der Waals surface area (Å²) in [5, 5.41) is 5.76. The number of urea groups is 1. The number of hydrogen-bond acceptors (Lipinski definition) is 1. The summed E-state index contributed by atoms with van der Waals surface area (Å²) in [6.45, 7) is 2.55. The fourth-order valence-corrected chi connectivity index (χ4v) is 2.93. The minimum absolute atomic E-state index is 0.198. The van der Waals surface area contributed by atoms with Crippen molar-refractivity contribution in [1.82, 2.24) is 10.6 Å². The lowest BCUT2D eigenvalue weighted by Crippen LogP contribution is -2.46. The fraction of sp³-hybridized carbons (Fsp3) is 0.588. The Balaban J connectivity index is 1.73. The molecule has 23 heavy (non-hydrogen) atoms. The van der Waals surface area contributed by atoms with E-state index in [1.54, 1.807) is 0 Å². The van der Waals surface area contributed by atoms with Gasteiger partial charge in [-0.3, -0.25) is 0 Å². The van der Waals surface area contributed by atoms with Crippen LogP contribution in [0.2, 0.25) is 0 Å². The average molecular weight is 328 g/mol. The SMILES string of the molecule is C[C@@H]1CCCC[C@H]1NC(=O)NCCc1ccc(C(F)(F)F)cc1. The van der Waals surface area contributed by atoms with E-state index >= 15 is 0 Å². The molecule has 1 aromatic rings. The van der Waals surface area contributed by atoms with E-state index in [1.165, 1.54) is 18.6 Å². The molecule has 0 heterocycles. The van der Waals surface area contributed by atoms with Gasteiger partial charge < -0.3 is 10.6 Å². The Morgan fingerprint density at radius 1 is 1.17 bits per heavy atom. The van der Waals surface area contributed by atoms with E-state index in [2.05, 4.69) is 17.6 Å². The second kappa shape index (κ2) is 7.70. The first-order chi connectivity index (χ1) is 10.9. The maximum absolute atomic E-state index is 12.5. The number of halogens is 3. The van der Waals surface area contributed by atoms with Crippen LogP contribution < -0.4 is 10.6 Å². The third kappa shape index (κ3) is 5.44. The lowest BCUT2D eigenvalue weighted by atomic mass is 9.86. The van der Waals surface area contributed by atoms with Gasteiger partial charge in [-0.2, -0.15) is 13.2 Å². The number of carbonyl (C=O) groups excluding carboxylic acids is 1. The van der Waals surface area contributed by atoms with Gasteiger partial charge in [0.15, 0.2) is 0 Å². The Hall–Kier alpha value is -1.72. The van der Waals surface area contributed by atoms with Crippen LogP contribution in [0.3, 0.4) is 0 Å². The predicted molar refractivity (Wildman–Crippen MR) is 83.1 cm³/mol. The average Bonchev–Trinajstić information content (AvgIpc) is 2.49. The smallest absolute Gasteiger partial charge is 0.338 e. The molecule has 2 amide bonds. The number of benzene rings is 1. The molecule has 1 aliphatic rings. The lowest BCUT2D eigenvalue weighted by Gasteiger charge is -2.29. The standard InChI is InChI=1S/C17H23F3N2O/c1-12-4-2-3-5-15(12)22-16(23)21-11-10-13-6-8-14(9-7-13)17(18,19)20/h6-9,12,15H,2-5,10-11H2,1H3,(H2,21,22,23)/t12-,15-/m1/s1. The molecule has 128 valence electrons. The van der Waals surface area contributed by atoms with E-state index in [-0.39, 0.29) is 12.1 Å². The van der Waals surface area contributed by atoms with Crippen molar-refractivity contribution in [3.8, 4) is 0 Å². The van der Waals surface area contributed by atoms with E-state index in [0.717, 1.165) is 37.0 Å². The number of carbonyl (C=O) groups is 1. The van der Waals surface area contributed by atoms with Gasteiger partial charge in [0.05, 0.1) is 5.56 Å². The van der Waals surface area contributed by atoms with Crippen molar-refractivity contribution in [2.45, 2.75) is 51.2 Å². The number of hydrogen-bond donors (Lipinski definition) is 2. The molecule has 6 heteroatoms. The molecule has 1 saturated carbocycles. The summed E-state index contributed by atoms with van der Waals surface area (Å²) in [6.07, 6.45) is 0.693. The highest BCUT2D eigenvalue weighted by Crippen LogP contribution is 2.29. The molecular weight excluding hydrogens is 305 g/mol. The normalized spacial score (nSPS) is 21.7. The number of rotatable bonds is 4. The summed E-state index contributed by atoms with van der Waals surface area (Å²) in [7, 11) is 0. The van der Waals surface area contributed by atoms with Crippen molar-refractivity contribution in [2.24, 2.45) is 5.92 Å². The van der Waals surface area contributed by atoms with Crippen LogP contribution in [0.4, 0.5) is 18.0 Å². The summed E-state index contributed by atoms with van der Waals surface area (Å²) in [5.41, 5.74) is 0.113. The first kappa shape index (κ1) is 17.6. The van der Waals surface area contributed by atoms with Crippen LogP contribution >= 0.6 is 0 Å². The molecule has 0 aromatic heterocycles. The van der Waals surface area contributed by atoms with Gasteiger partial charge >= 0.3 is 12.2 Å². The molecule has 1 aromatic carbocycles. The Labute approximate surface area is 134 Å². The van der Waals surface area contributed by atoms with Crippen molar-refractivity contribution >= 4 is 6.03 Å². The highest BCUT2D eigenvalue weighted by molar-refractivity contribution is 5.74. The highest BCUT2D eigenvalue weighted by Gasteiger charge is 2.29. The molecule has 1 aliphatic carbocycles. The predicted octanol–water partition coefficient (Wildman–Crippen LogP) is 4.13. The van der Waals surface area contributed by atoms with Crippen LogP contribution in [0.25, 0.3) is 0 Å². The minimum atomic E-state index is -4.31. The monoisotopic (exact) mass is 328 g/mol. The Morgan fingerprint density at radius 3 is 2.43 bits per heavy atom. The fourth-order valence-electron chi connectivity index (χ4n) is 2.93. The van der Waals surface area contributed by atoms with Crippen molar-refractivity contribution in [3.05, 3.63) is 35.4 Å². The molecule has 0 bridgehead atoms. The first-order valence-electron chi connectivity index (χ1n) is 8.07. The van der Waals surface area contributed by atoms with Crippen molar-refractivity contribution in [1.29, 1.82) is 0 Å². The van der Waals surface area contributed by atoms with Crippen molar-refractivity contribution in [3.63, 3.8) is 0 Å². The number of alkyl halides is 3. The summed E-state index contributed by atoms with van der Waals surface area (Å²) in [5.74, 6) is 0.490. The summed E-state index contributed by atoms with van der Waals surface area (Å²) in [4.78, 5) is 11.9. The quantitative estimate of drug-likeness (QED) is 0.857. The number of amides is 2. The molecular formula is C17H23F3N2O. The van der Waals surface area contributed by atoms with Crippen LogP contribution in [-0.2, 0) is 12.6 Å². The summed E-state index contributed by atoms with van der Waals surface area (Å²) in [6, 6.07) is 5.06. The Morgan fingerprint density at radius 2 is 1.83 bits per heavy atom. The van der Waals surface area contributed by atoms with E-state index in [1.807, 2.05) is 0 Å². The van der Waals surface area contributed by atoms with E-state index in [9.17, 15) is 18.0 Å². The number of nitrogens with one attached hydrogen (secondary N) is 2. The lowest BCUT2D eigenvalue weighted by molar-refractivity contribution is -0.137. The van der Waals surface area contributed by atoms with Crippen LogP contribution in [0.5, 0.6) is 0 Å². The molecule has 2 atom stereocenters. The molecule has 0 unspecified atom stereocenters. The molecule has 1 fully saturated rings. The van der Waals surface area contributed by atoms with Gasteiger partial charge in [-0.05, 0) is 42.9 Å². The maximum Gasteiger partial charge on any atom is 0.416 e. The Bertz CT molecular complexity index is 514. The molecule has 0 spiro atoms. The van der Waals surface area contributed by atoms with Gasteiger partial charge in [-0.1, -0.05) is 31.9 Å². The third-order valence-corrected chi connectivity index (χ3v) is 4.41. The van der Waals surface area contributed by atoms with Gasteiger partial charge in [0.25, 0.3) is 0 Å². The molecule has 3 nitrogen and oxygen atoms in total. The third-order valence-electron chi connectivity index (χ3n) is 4.41. The first-order valence-corrected chi connectivity index (χ1v) is 8.07. The van der Waals surface area contributed by atoms with E-state index in [0.29, 0.717) is 18.9 Å². The maximum atomic E-state index is 12.5. The van der Waals surface area contributed by atoms with Gasteiger partial charge in [0, 0.05) is 12.6 Å². The van der Waals surface area contributed by atoms with Crippen molar-refractivity contribution in [2.75, 3.05) is 6.54 Å². The zero-order valence-electron chi connectivity index (χ0n) is 13.2. The van der Waals surface area contributed by atoms with Crippen LogP contribution in [-0.4, -0.2) is 18.6 Å². The van der Waals surface area contributed by atoms with Crippen molar-refractivity contribution < 1.29 is 18.0 Å². The van der Waals surface area contributed by atoms with Gasteiger partial charge in [-0.15, -0.1) is 0 Å². The molecule has 2 N–H and O–H groups in total. The van der Waals surface area contributed by atoms with Gasteiger partial charge in [-0.25, -0.2) is 4.79 Å². The Kier molecular flexibility index (Phi) is 5.91. The van der Waals surface area contributed by atoms with Gasteiger partial charge in [0.2, 0.25) is 0 Å². The summed E-state index contributed by atoms with van der Waals surface area (Å²) < 4.78 is 37.4. The minimum Gasteiger partial charge on any atom is -0.338 e. The molecule has 0 aliphatic heterocycles. The van der Waals surface area contributed by atoms with Crippen LogP contribution in [0.1, 0.15) is 43.7 Å². The second-order valence-corrected chi connectivity index (χ2v) is 6.21. The summed E-state index contributed by atoms with van der Waals surface area (Å²) >= 11 is 0. The second-order valence-electron chi connectivity index (χ2n) is 6.21. The largest absolute Gasteiger partial charge is 0.416 e. The van der Waals surface area contributed by atoms with Crippen LogP contribution in [0, 0.1) is 5.92 Å². The zero-order valence-corrected chi connectivity index (χ0v) is 13.2. The molecule has 0 saturated heterocycles. The topological polar surface area (TPSA) is 41.1 Å². The molecule has 0 radical (unpaired) electrons. The van der Waals surface area contributed by atoms with E-state index in [4.69, 9.17) is 0 Å². The van der Waals surface area contributed by atoms with Crippen LogP contribution in [0.15, 0.2) is 24.3 Å². The van der Waals surface area contributed by atoms with Gasteiger partial charge in [0.1, 0.15) is 0 Å².